The number of hydrogen-bond acceptors (Lipinski definition) is 5. The van der Waals surface area contributed by atoms with Crippen molar-refractivity contribution in [1.82, 2.24) is 0 Å². The second kappa shape index (κ2) is 10.8. The van der Waals surface area contributed by atoms with Crippen molar-refractivity contribution in [3.05, 3.63) is 78.4 Å². The van der Waals surface area contributed by atoms with Crippen molar-refractivity contribution in [2.45, 2.75) is 43.6 Å². The molecule has 3 aromatic rings. The topological polar surface area (TPSA) is 84.9 Å². The highest BCUT2D eigenvalue weighted by Gasteiger charge is 2.27. The number of anilines is 2. The van der Waals surface area contributed by atoms with Crippen molar-refractivity contribution in [2.75, 3.05) is 23.3 Å². The van der Waals surface area contributed by atoms with Gasteiger partial charge >= 0.3 is 0 Å². The Morgan fingerprint density at radius 1 is 0.914 bits per heavy atom. The zero-order chi connectivity index (χ0) is 24.8. The molecule has 0 unspecified atom stereocenters. The Bertz CT molecular complexity index is 1230. The largest absolute Gasteiger partial charge is 0.497 e. The monoisotopic (exact) mass is 494 g/mol. The Hall–Kier alpha value is -3.52. The summed E-state index contributed by atoms with van der Waals surface area (Å²) in [4.78, 5) is 13.1. The van der Waals surface area contributed by atoms with Gasteiger partial charge in [0.2, 0.25) is 5.91 Å². The SMILES string of the molecule is COc1ccc(N(CC(=O)Nc2ccc(OC3CCCC3)cc2)S(=O)(=O)c2ccc(C)cc2)cc1. The van der Waals surface area contributed by atoms with Gasteiger partial charge in [0.15, 0.2) is 0 Å². The molecule has 1 amide bonds. The second-order valence-corrected chi connectivity index (χ2v) is 10.5. The molecule has 0 bridgehead atoms. The Morgan fingerprint density at radius 2 is 1.51 bits per heavy atom. The summed E-state index contributed by atoms with van der Waals surface area (Å²) < 4.78 is 39.2. The minimum Gasteiger partial charge on any atom is -0.497 e. The number of nitrogens with one attached hydrogen (secondary N) is 1. The molecular weight excluding hydrogens is 464 g/mol. The van der Waals surface area contributed by atoms with Gasteiger partial charge in [-0.3, -0.25) is 9.10 Å². The predicted molar refractivity (Wildman–Crippen MR) is 137 cm³/mol. The molecule has 1 N–H and O–H groups in total. The molecule has 4 rings (SSSR count). The number of amides is 1. The first-order valence-electron chi connectivity index (χ1n) is 11.7. The van der Waals surface area contributed by atoms with Crippen LogP contribution < -0.4 is 19.1 Å². The van der Waals surface area contributed by atoms with E-state index in [9.17, 15) is 13.2 Å². The van der Waals surface area contributed by atoms with Crippen LogP contribution in [0.5, 0.6) is 11.5 Å². The van der Waals surface area contributed by atoms with E-state index in [0.717, 1.165) is 28.5 Å². The van der Waals surface area contributed by atoms with Crippen LogP contribution in [-0.4, -0.2) is 34.1 Å². The summed E-state index contributed by atoms with van der Waals surface area (Å²) in [5.41, 5.74) is 1.87. The number of benzene rings is 3. The Morgan fingerprint density at radius 3 is 2.11 bits per heavy atom. The van der Waals surface area contributed by atoms with E-state index < -0.39 is 15.9 Å². The molecule has 0 aromatic heterocycles. The fraction of sp³-hybridized carbons (Fsp3) is 0.296. The third-order valence-corrected chi connectivity index (χ3v) is 7.79. The summed E-state index contributed by atoms with van der Waals surface area (Å²) >= 11 is 0. The summed E-state index contributed by atoms with van der Waals surface area (Å²) in [6.07, 6.45) is 4.76. The third kappa shape index (κ3) is 6.14. The second-order valence-electron chi connectivity index (χ2n) is 8.62. The van der Waals surface area contributed by atoms with Gasteiger partial charge in [-0.15, -0.1) is 0 Å². The molecule has 8 heteroatoms. The van der Waals surface area contributed by atoms with Gasteiger partial charge in [0, 0.05) is 5.69 Å². The lowest BCUT2D eigenvalue weighted by Gasteiger charge is -2.24. The number of ether oxygens (including phenoxy) is 2. The van der Waals surface area contributed by atoms with E-state index >= 15 is 0 Å². The lowest BCUT2D eigenvalue weighted by Crippen LogP contribution is -2.38. The van der Waals surface area contributed by atoms with Gasteiger partial charge < -0.3 is 14.8 Å². The molecule has 7 nitrogen and oxygen atoms in total. The van der Waals surface area contributed by atoms with E-state index in [4.69, 9.17) is 9.47 Å². The van der Waals surface area contributed by atoms with Gasteiger partial charge in [-0.05, 0) is 93.3 Å². The first-order valence-corrected chi connectivity index (χ1v) is 13.1. The van der Waals surface area contributed by atoms with Crippen molar-refractivity contribution < 1.29 is 22.7 Å². The summed E-state index contributed by atoms with van der Waals surface area (Å²) in [6, 6.07) is 20.3. The van der Waals surface area contributed by atoms with Crippen molar-refractivity contribution in [3.8, 4) is 11.5 Å². The maximum atomic E-state index is 13.5. The highest BCUT2D eigenvalue weighted by Crippen LogP contribution is 2.27. The van der Waals surface area contributed by atoms with E-state index in [1.165, 1.54) is 20.0 Å². The van der Waals surface area contributed by atoms with Crippen LogP contribution in [0.15, 0.2) is 77.7 Å². The summed E-state index contributed by atoms with van der Waals surface area (Å²) in [5, 5.41) is 2.79. The lowest BCUT2D eigenvalue weighted by molar-refractivity contribution is -0.114. The summed E-state index contributed by atoms with van der Waals surface area (Å²) in [7, 11) is -2.45. The van der Waals surface area contributed by atoms with Crippen LogP contribution in [0.25, 0.3) is 0 Å². The number of aryl methyl sites for hydroxylation is 1. The molecule has 0 atom stereocenters. The minimum absolute atomic E-state index is 0.111. The predicted octanol–water partition coefficient (Wildman–Crippen LogP) is 5.16. The average Bonchev–Trinajstić information content (AvgIpc) is 3.37. The number of nitrogens with zero attached hydrogens (tertiary/aromatic N) is 1. The van der Waals surface area contributed by atoms with Crippen LogP contribution in [0.1, 0.15) is 31.2 Å². The highest BCUT2D eigenvalue weighted by atomic mass is 32.2. The third-order valence-electron chi connectivity index (χ3n) is 6.00. The summed E-state index contributed by atoms with van der Waals surface area (Å²) in [5.74, 6) is 0.892. The Labute approximate surface area is 206 Å². The van der Waals surface area contributed by atoms with E-state index in [1.807, 2.05) is 19.1 Å². The fourth-order valence-corrected chi connectivity index (χ4v) is 5.47. The molecule has 1 fully saturated rings. The van der Waals surface area contributed by atoms with Crippen molar-refractivity contribution in [1.29, 1.82) is 0 Å². The zero-order valence-corrected chi connectivity index (χ0v) is 20.8. The van der Waals surface area contributed by atoms with Crippen molar-refractivity contribution >= 4 is 27.3 Å². The molecule has 0 radical (unpaired) electrons. The number of sulfonamides is 1. The maximum absolute atomic E-state index is 13.5. The standard InChI is InChI=1S/C27H30N2O5S/c1-20-7-17-26(18-8-20)35(31,32)29(22-11-15-23(33-2)16-12-22)19-27(30)28-21-9-13-25(14-10-21)34-24-5-3-4-6-24/h7-18,24H,3-6,19H2,1-2H3,(H,28,30). The van der Waals surface area contributed by atoms with Crippen molar-refractivity contribution in [3.63, 3.8) is 0 Å². The average molecular weight is 495 g/mol. The molecular formula is C27H30N2O5S. The normalized spacial score (nSPS) is 13.9. The Kier molecular flexibility index (Phi) is 7.60. The molecule has 3 aromatic carbocycles. The quantitative estimate of drug-likeness (QED) is 0.444. The van der Waals surface area contributed by atoms with E-state index in [2.05, 4.69) is 5.32 Å². The molecule has 1 saturated carbocycles. The first kappa shape index (κ1) is 24.6. The van der Waals surface area contributed by atoms with Gasteiger partial charge in [-0.25, -0.2) is 8.42 Å². The molecule has 0 aliphatic heterocycles. The van der Waals surface area contributed by atoms with Crippen molar-refractivity contribution in [2.24, 2.45) is 0 Å². The molecule has 0 heterocycles. The smallest absolute Gasteiger partial charge is 0.264 e. The molecule has 1 aliphatic carbocycles. The molecule has 184 valence electrons. The van der Waals surface area contributed by atoms with Gasteiger partial charge in [0.05, 0.1) is 23.8 Å². The number of carbonyl (C=O) groups excluding carboxylic acids is 1. The minimum atomic E-state index is -3.99. The zero-order valence-electron chi connectivity index (χ0n) is 19.9. The number of rotatable bonds is 9. The van der Waals surface area contributed by atoms with Gasteiger partial charge in [0.1, 0.15) is 18.0 Å². The van der Waals surface area contributed by atoms with E-state index in [0.29, 0.717) is 17.1 Å². The first-order chi connectivity index (χ1) is 16.8. The van der Waals surface area contributed by atoms with Gasteiger partial charge in [0.25, 0.3) is 10.0 Å². The van der Waals surface area contributed by atoms with Crippen LogP contribution >= 0.6 is 0 Å². The molecule has 35 heavy (non-hydrogen) atoms. The Balaban J connectivity index is 1.52. The van der Waals surface area contributed by atoms with Gasteiger partial charge in [-0.2, -0.15) is 0 Å². The molecule has 0 saturated heterocycles. The number of methoxy groups -OCH3 is 1. The number of carbonyl (C=O) groups is 1. The molecule has 0 spiro atoms. The number of hydrogen-bond donors (Lipinski definition) is 1. The van der Waals surface area contributed by atoms with Crippen LogP contribution in [0.4, 0.5) is 11.4 Å². The maximum Gasteiger partial charge on any atom is 0.264 e. The lowest BCUT2D eigenvalue weighted by atomic mass is 10.2. The van der Waals surface area contributed by atoms with Crippen LogP contribution in [0.2, 0.25) is 0 Å². The van der Waals surface area contributed by atoms with E-state index in [1.54, 1.807) is 60.7 Å². The summed E-state index contributed by atoms with van der Waals surface area (Å²) in [6.45, 7) is 1.50. The molecule has 1 aliphatic rings. The van der Waals surface area contributed by atoms with E-state index in [-0.39, 0.29) is 17.5 Å². The van der Waals surface area contributed by atoms with Crippen LogP contribution in [0, 0.1) is 6.92 Å². The van der Waals surface area contributed by atoms with Crippen LogP contribution in [-0.2, 0) is 14.8 Å². The highest BCUT2D eigenvalue weighted by molar-refractivity contribution is 7.92. The van der Waals surface area contributed by atoms with Gasteiger partial charge in [-0.1, -0.05) is 17.7 Å². The van der Waals surface area contributed by atoms with Crippen LogP contribution in [0.3, 0.4) is 0 Å². The fourth-order valence-electron chi connectivity index (χ4n) is 4.05.